The summed E-state index contributed by atoms with van der Waals surface area (Å²) in [6.07, 6.45) is 7.62. The first-order valence-corrected chi connectivity index (χ1v) is 8.68. The number of benzene rings is 1. The number of unbranched alkanes of at least 4 members (excludes halogenated alkanes) is 1. The lowest BCUT2D eigenvalue weighted by Crippen LogP contribution is -1.99. The fraction of sp³-hybridized carbons (Fsp3) is 0.524. The first-order valence-electron chi connectivity index (χ1n) is 8.68. The molecule has 0 unspecified atom stereocenters. The zero-order chi connectivity index (χ0) is 15.2. The van der Waals surface area contributed by atoms with Gasteiger partial charge in [-0.1, -0.05) is 82.0 Å². The summed E-state index contributed by atoms with van der Waals surface area (Å²) in [6.45, 7) is 9.31. The zero-order valence-electron chi connectivity index (χ0n) is 14.2. The van der Waals surface area contributed by atoms with Gasteiger partial charge in [0, 0.05) is 0 Å². The van der Waals surface area contributed by atoms with E-state index < -0.39 is 0 Å². The smallest absolute Gasteiger partial charge is 0.00930 e. The van der Waals surface area contributed by atoms with Crippen LogP contribution in [-0.4, -0.2) is 0 Å². The average Bonchev–Trinajstić information content (AvgIpc) is 2.85. The summed E-state index contributed by atoms with van der Waals surface area (Å²) in [6, 6.07) is 11.1. The van der Waals surface area contributed by atoms with E-state index in [1.54, 1.807) is 22.3 Å². The molecule has 1 aliphatic carbocycles. The van der Waals surface area contributed by atoms with E-state index in [-0.39, 0.29) is 0 Å². The van der Waals surface area contributed by atoms with Gasteiger partial charge in [0.05, 0.1) is 0 Å². The van der Waals surface area contributed by atoms with Crippen LogP contribution in [0.1, 0.15) is 71.8 Å². The van der Waals surface area contributed by atoms with Gasteiger partial charge >= 0.3 is 0 Å². The minimum atomic E-state index is 0.626. The maximum absolute atomic E-state index is 2.36. The second-order valence-electron chi connectivity index (χ2n) is 6.55. The van der Waals surface area contributed by atoms with Crippen LogP contribution in [0.2, 0.25) is 0 Å². The molecule has 0 heterocycles. The van der Waals surface area contributed by atoms with Gasteiger partial charge in [-0.3, -0.25) is 0 Å². The van der Waals surface area contributed by atoms with E-state index in [9.17, 15) is 0 Å². The number of hydrogen-bond acceptors (Lipinski definition) is 0. The Labute approximate surface area is 131 Å². The molecule has 0 aromatic heterocycles. The molecule has 0 N–H and O–H groups in total. The van der Waals surface area contributed by atoms with Crippen LogP contribution in [0.15, 0.2) is 47.1 Å². The molecule has 0 radical (unpaired) electrons. The Morgan fingerprint density at radius 1 is 0.905 bits per heavy atom. The van der Waals surface area contributed by atoms with E-state index in [4.69, 9.17) is 0 Å². The van der Waals surface area contributed by atoms with Gasteiger partial charge < -0.3 is 0 Å². The van der Waals surface area contributed by atoms with Gasteiger partial charge in [0.1, 0.15) is 0 Å². The molecule has 0 atom stereocenters. The Balaban J connectivity index is 2.46. The van der Waals surface area contributed by atoms with Gasteiger partial charge in [-0.15, -0.1) is 0 Å². The van der Waals surface area contributed by atoms with Crippen LogP contribution in [-0.2, 0) is 0 Å². The van der Waals surface area contributed by atoms with Gasteiger partial charge in [0.25, 0.3) is 0 Å². The van der Waals surface area contributed by atoms with Gasteiger partial charge in [0.15, 0.2) is 0 Å². The van der Waals surface area contributed by atoms with Crippen LogP contribution >= 0.6 is 0 Å². The Bertz CT molecular complexity index is 514. The first-order chi connectivity index (χ1) is 10.2. The number of rotatable bonds is 7. The summed E-state index contributed by atoms with van der Waals surface area (Å²) < 4.78 is 0. The van der Waals surface area contributed by atoms with E-state index >= 15 is 0 Å². The van der Waals surface area contributed by atoms with E-state index in [1.807, 2.05) is 0 Å². The molecule has 0 saturated carbocycles. The summed E-state index contributed by atoms with van der Waals surface area (Å²) >= 11 is 0. The van der Waals surface area contributed by atoms with Crippen LogP contribution in [0.4, 0.5) is 0 Å². The Kier molecular flexibility index (Phi) is 5.85. The van der Waals surface area contributed by atoms with Crippen LogP contribution < -0.4 is 0 Å². The van der Waals surface area contributed by atoms with E-state index in [2.05, 4.69) is 58.0 Å². The van der Waals surface area contributed by atoms with Crippen molar-refractivity contribution in [2.75, 3.05) is 0 Å². The van der Waals surface area contributed by atoms with Crippen LogP contribution in [0.3, 0.4) is 0 Å². The lowest BCUT2D eigenvalue weighted by Gasteiger charge is -2.16. The second kappa shape index (κ2) is 7.64. The molecule has 1 aromatic rings. The monoisotopic (exact) mass is 282 g/mol. The molecular formula is C21H30. The van der Waals surface area contributed by atoms with Gasteiger partial charge in [-0.2, -0.15) is 0 Å². The van der Waals surface area contributed by atoms with Crippen molar-refractivity contribution in [1.29, 1.82) is 0 Å². The molecule has 0 bridgehead atoms. The lowest BCUT2D eigenvalue weighted by atomic mass is 9.88. The molecule has 0 saturated heterocycles. The Morgan fingerprint density at radius 3 is 2.19 bits per heavy atom. The Morgan fingerprint density at radius 2 is 1.62 bits per heavy atom. The highest BCUT2D eigenvalue weighted by atomic mass is 14.3. The van der Waals surface area contributed by atoms with Crippen molar-refractivity contribution in [2.45, 2.75) is 66.2 Å². The van der Waals surface area contributed by atoms with E-state index in [1.165, 1.54) is 44.1 Å². The normalized spacial score (nSPS) is 15.5. The molecule has 0 spiro atoms. The lowest BCUT2D eigenvalue weighted by molar-refractivity contribution is 0.753. The number of allylic oxidation sites excluding steroid dienone is 4. The third-order valence-corrected chi connectivity index (χ3v) is 4.45. The summed E-state index contributed by atoms with van der Waals surface area (Å²) in [5.74, 6) is 0.626. The summed E-state index contributed by atoms with van der Waals surface area (Å²) in [5, 5.41) is 0. The standard InChI is InChI=1S/C21H30/c1-5-7-12-19-15-18(11-6-2)20(16(3)4)21(19)17-13-9-8-10-14-17/h8-10,13-14,16H,5-7,11-12,15H2,1-4H3. The molecule has 0 fully saturated rings. The quantitative estimate of drug-likeness (QED) is 0.516. The van der Waals surface area contributed by atoms with Crippen molar-refractivity contribution < 1.29 is 0 Å². The van der Waals surface area contributed by atoms with Crippen molar-refractivity contribution in [2.24, 2.45) is 5.92 Å². The van der Waals surface area contributed by atoms with Gasteiger partial charge in [-0.25, -0.2) is 0 Å². The molecule has 0 amide bonds. The Hall–Kier alpha value is -1.30. The predicted molar refractivity (Wildman–Crippen MR) is 94.3 cm³/mol. The summed E-state index contributed by atoms with van der Waals surface area (Å²) in [4.78, 5) is 0. The molecular weight excluding hydrogens is 252 g/mol. The highest BCUT2D eigenvalue weighted by Crippen LogP contribution is 2.45. The summed E-state index contributed by atoms with van der Waals surface area (Å²) in [5.41, 5.74) is 8.06. The second-order valence-corrected chi connectivity index (χ2v) is 6.55. The minimum Gasteiger partial charge on any atom is -0.0654 e. The maximum atomic E-state index is 2.36. The van der Waals surface area contributed by atoms with Crippen LogP contribution in [0.5, 0.6) is 0 Å². The van der Waals surface area contributed by atoms with E-state index in [0.29, 0.717) is 5.92 Å². The topological polar surface area (TPSA) is 0 Å². The SMILES string of the molecule is CCCCC1=C(c2ccccc2)C(C(C)C)=C(CCC)C1. The first kappa shape index (κ1) is 16.1. The predicted octanol–water partition coefficient (Wildman–Crippen LogP) is 6.79. The zero-order valence-corrected chi connectivity index (χ0v) is 14.2. The fourth-order valence-corrected chi connectivity index (χ4v) is 3.60. The minimum absolute atomic E-state index is 0.626. The van der Waals surface area contributed by atoms with Crippen molar-refractivity contribution in [3.05, 3.63) is 52.6 Å². The molecule has 0 heteroatoms. The fourth-order valence-electron chi connectivity index (χ4n) is 3.60. The van der Waals surface area contributed by atoms with Crippen molar-refractivity contribution in [1.82, 2.24) is 0 Å². The highest BCUT2D eigenvalue weighted by Gasteiger charge is 2.26. The molecule has 0 aliphatic heterocycles. The van der Waals surface area contributed by atoms with Gasteiger partial charge in [0.2, 0.25) is 0 Å². The molecule has 21 heavy (non-hydrogen) atoms. The van der Waals surface area contributed by atoms with Crippen molar-refractivity contribution >= 4 is 5.57 Å². The highest BCUT2D eigenvalue weighted by molar-refractivity contribution is 5.85. The molecule has 114 valence electrons. The van der Waals surface area contributed by atoms with Crippen LogP contribution in [0.25, 0.3) is 5.57 Å². The van der Waals surface area contributed by atoms with E-state index in [0.717, 1.165) is 0 Å². The van der Waals surface area contributed by atoms with Crippen molar-refractivity contribution in [3.8, 4) is 0 Å². The average molecular weight is 282 g/mol. The molecule has 1 aromatic carbocycles. The van der Waals surface area contributed by atoms with Gasteiger partial charge in [-0.05, 0) is 48.3 Å². The third kappa shape index (κ3) is 3.67. The van der Waals surface area contributed by atoms with Crippen molar-refractivity contribution in [3.63, 3.8) is 0 Å². The molecule has 1 aliphatic rings. The molecule has 2 rings (SSSR count). The summed E-state index contributed by atoms with van der Waals surface area (Å²) in [7, 11) is 0. The number of hydrogen-bond donors (Lipinski definition) is 0. The molecule has 0 nitrogen and oxygen atoms in total. The largest absolute Gasteiger partial charge is 0.0654 e. The maximum Gasteiger partial charge on any atom is -0.00930 e. The van der Waals surface area contributed by atoms with Crippen LogP contribution in [0, 0.1) is 5.92 Å². The third-order valence-electron chi connectivity index (χ3n) is 4.45.